The Morgan fingerprint density at radius 3 is 1.97 bits per heavy atom. The van der Waals surface area contributed by atoms with E-state index in [1.807, 2.05) is 48.2 Å². The number of ether oxygens (including phenoxy) is 1. The Labute approximate surface area is 192 Å². The molecule has 2 atom stereocenters. The number of para-hydroxylation sites is 1. The van der Waals surface area contributed by atoms with Crippen LogP contribution in [-0.2, 0) is 4.79 Å². The molecule has 5 heteroatoms. The highest BCUT2D eigenvalue weighted by molar-refractivity contribution is 9.10. The minimum atomic E-state index is -0.495. The summed E-state index contributed by atoms with van der Waals surface area (Å²) in [7, 11) is 0. The van der Waals surface area contributed by atoms with Crippen molar-refractivity contribution in [2.75, 3.05) is 26.2 Å². The van der Waals surface area contributed by atoms with E-state index in [4.69, 9.17) is 4.74 Å². The van der Waals surface area contributed by atoms with E-state index in [0.717, 1.165) is 23.3 Å². The Balaban J connectivity index is 1.44. The third-order valence-corrected chi connectivity index (χ3v) is 6.22. The molecule has 0 bridgehead atoms. The van der Waals surface area contributed by atoms with Gasteiger partial charge in [-0.25, -0.2) is 0 Å². The average Bonchev–Trinajstić information content (AvgIpc) is 2.82. The summed E-state index contributed by atoms with van der Waals surface area (Å²) in [6.07, 6.45) is -0.495. The second-order valence-electron chi connectivity index (χ2n) is 7.80. The fourth-order valence-electron chi connectivity index (χ4n) is 4.11. The SMILES string of the molecule is C[C@H](Oc1ccccc1)C(=O)N1CCN([C@@H](c2ccccc2)c2ccc(Br)cc2)CC1. The van der Waals surface area contributed by atoms with E-state index in [1.165, 1.54) is 11.1 Å². The summed E-state index contributed by atoms with van der Waals surface area (Å²) in [5.41, 5.74) is 2.53. The van der Waals surface area contributed by atoms with Gasteiger partial charge in [0.15, 0.2) is 6.10 Å². The zero-order valence-corrected chi connectivity index (χ0v) is 19.2. The third-order valence-electron chi connectivity index (χ3n) is 5.70. The normalized spacial score (nSPS) is 16.5. The number of hydrogen-bond donors (Lipinski definition) is 0. The molecular formula is C26H27BrN2O2. The number of rotatable bonds is 6. The molecule has 0 aliphatic carbocycles. The molecular weight excluding hydrogens is 452 g/mol. The molecule has 3 aromatic rings. The summed E-state index contributed by atoms with van der Waals surface area (Å²) in [5.74, 6) is 0.768. The zero-order valence-electron chi connectivity index (χ0n) is 17.7. The maximum atomic E-state index is 12.9. The number of piperazine rings is 1. The first-order valence-electron chi connectivity index (χ1n) is 10.7. The molecule has 0 unspecified atom stereocenters. The summed E-state index contributed by atoms with van der Waals surface area (Å²) < 4.78 is 6.92. The van der Waals surface area contributed by atoms with Crippen LogP contribution in [0.25, 0.3) is 0 Å². The van der Waals surface area contributed by atoms with Crippen LogP contribution >= 0.6 is 15.9 Å². The lowest BCUT2D eigenvalue weighted by molar-refractivity contribution is -0.140. The Hall–Kier alpha value is -2.63. The Morgan fingerprint density at radius 2 is 1.35 bits per heavy atom. The number of amides is 1. The highest BCUT2D eigenvalue weighted by atomic mass is 79.9. The van der Waals surface area contributed by atoms with Gasteiger partial charge in [-0.2, -0.15) is 0 Å². The molecule has 0 radical (unpaired) electrons. The number of carbonyl (C=O) groups is 1. The lowest BCUT2D eigenvalue weighted by Gasteiger charge is -2.40. The summed E-state index contributed by atoms with van der Waals surface area (Å²) in [5, 5.41) is 0. The fourth-order valence-corrected chi connectivity index (χ4v) is 4.37. The third kappa shape index (κ3) is 5.35. The van der Waals surface area contributed by atoms with Crippen molar-refractivity contribution in [1.29, 1.82) is 0 Å². The van der Waals surface area contributed by atoms with Crippen LogP contribution in [0.4, 0.5) is 0 Å². The Kier molecular flexibility index (Phi) is 7.05. The maximum absolute atomic E-state index is 12.9. The van der Waals surface area contributed by atoms with Gasteiger partial charge in [0.05, 0.1) is 6.04 Å². The molecule has 1 fully saturated rings. The number of nitrogens with zero attached hydrogens (tertiary/aromatic N) is 2. The largest absolute Gasteiger partial charge is 0.481 e. The van der Waals surface area contributed by atoms with Gasteiger partial charge in [0.25, 0.3) is 5.91 Å². The van der Waals surface area contributed by atoms with Crippen LogP contribution in [-0.4, -0.2) is 48.0 Å². The van der Waals surface area contributed by atoms with Gasteiger partial charge in [-0.05, 0) is 42.3 Å². The van der Waals surface area contributed by atoms with Crippen LogP contribution in [0, 0.1) is 0 Å². The van der Waals surface area contributed by atoms with Crippen LogP contribution in [0.5, 0.6) is 5.75 Å². The van der Waals surface area contributed by atoms with E-state index in [-0.39, 0.29) is 11.9 Å². The summed E-state index contributed by atoms with van der Waals surface area (Å²) in [6, 6.07) is 28.8. The van der Waals surface area contributed by atoms with Crippen molar-refractivity contribution in [2.24, 2.45) is 0 Å². The van der Waals surface area contributed by atoms with Crippen molar-refractivity contribution in [3.05, 3.63) is 101 Å². The van der Waals surface area contributed by atoms with Gasteiger partial charge in [-0.3, -0.25) is 9.69 Å². The first-order chi connectivity index (χ1) is 15.1. The summed E-state index contributed by atoms with van der Waals surface area (Å²) in [6.45, 7) is 4.86. The number of carbonyl (C=O) groups excluding carboxylic acids is 1. The lowest BCUT2D eigenvalue weighted by Crippen LogP contribution is -2.52. The van der Waals surface area contributed by atoms with Gasteiger partial charge in [-0.15, -0.1) is 0 Å². The molecule has 1 amide bonds. The number of hydrogen-bond acceptors (Lipinski definition) is 3. The predicted molar refractivity (Wildman–Crippen MR) is 127 cm³/mol. The number of benzene rings is 3. The Bertz CT molecular complexity index is 971. The van der Waals surface area contributed by atoms with Gasteiger partial charge in [-0.1, -0.05) is 76.6 Å². The molecule has 0 N–H and O–H groups in total. The van der Waals surface area contributed by atoms with Crippen molar-refractivity contribution in [3.8, 4) is 5.75 Å². The standard InChI is InChI=1S/C26H27BrN2O2/c1-20(31-24-10-6-3-7-11-24)26(30)29-18-16-28(17-19-29)25(21-8-4-2-5-9-21)22-12-14-23(27)15-13-22/h2-15,20,25H,16-19H2,1H3/t20-,25-/m0/s1. The molecule has 4 rings (SSSR count). The van der Waals surface area contributed by atoms with E-state index in [2.05, 4.69) is 69.4 Å². The molecule has 3 aromatic carbocycles. The smallest absolute Gasteiger partial charge is 0.263 e. The van der Waals surface area contributed by atoms with Crippen LogP contribution < -0.4 is 4.74 Å². The van der Waals surface area contributed by atoms with Crippen molar-refractivity contribution < 1.29 is 9.53 Å². The van der Waals surface area contributed by atoms with Gasteiger partial charge in [0.1, 0.15) is 5.75 Å². The predicted octanol–water partition coefficient (Wildman–Crippen LogP) is 5.15. The van der Waals surface area contributed by atoms with Gasteiger partial charge >= 0.3 is 0 Å². The fraction of sp³-hybridized carbons (Fsp3) is 0.269. The van der Waals surface area contributed by atoms with Crippen LogP contribution in [0.2, 0.25) is 0 Å². The van der Waals surface area contributed by atoms with Crippen LogP contribution in [0.15, 0.2) is 89.4 Å². The van der Waals surface area contributed by atoms with Gasteiger partial charge in [0, 0.05) is 30.7 Å². The zero-order chi connectivity index (χ0) is 21.6. The minimum absolute atomic E-state index is 0.0448. The minimum Gasteiger partial charge on any atom is -0.481 e. The van der Waals surface area contributed by atoms with Crippen molar-refractivity contribution in [3.63, 3.8) is 0 Å². The summed E-state index contributed by atoms with van der Waals surface area (Å²) >= 11 is 3.54. The molecule has 1 saturated heterocycles. The quantitative estimate of drug-likeness (QED) is 0.490. The van der Waals surface area contributed by atoms with E-state index in [0.29, 0.717) is 13.1 Å². The molecule has 4 nitrogen and oxygen atoms in total. The molecule has 160 valence electrons. The monoisotopic (exact) mass is 478 g/mol. The number of halogens is 1. The van der Waals surface area contributed by atoms with Crippen LogP contribution in [0.1, 0.15) is 24.1 Å². The first kappa shape index (κ1) is 21.6. The summed E-state index contributed by atoms with van der Waals surface area (Å²) in [4.78, 5) is 17.3. The highest BCUT2D eigenvalue weighted by Crippen LogP contribution is 2.30. The molecule has 0 saturated carbocycles. The Morgan fingerprint density at radius 1 is 0.806 bits per heavy atom. The van der Waals surface area contributed by atoms with Gasteiger partial charge < -0.3 is 9.64 Å². The maximum Gasteiger partial charge on any atom is 0.263 e. The topological polar surface area (TPSA) is 32.8 Å². The highest BCUT2D eigenvalue weighted by Gasteiger charge is 2.30. The molecule has 31 heavy (non-hydrogen) atoms. The lowest BCUT2D eigenvalue weighted by atomic mass is 9.96. The molecule has 0 aromatic heterocycles. The molecule has 1 heterocycles. The second-order valence-corrected chi connectivity index (χ2v) is 8.71. The van der Waals surface area contributed by atoms with E-state index in [9.17, 15) is 4.79 Å². The molecule has 1 aliphatic heterocycles. The van der Waals surface area contributed by atoms with E-state index < -0.39 is 6.10 Å². The second kappa shape index (κ2) is 10.1. The van der Waals surface area contributed by atoms with Crippen molar-refractivity contribution >= 4 is 21.8 Å². The van der Waals surface area contributed by atoms with Crippen molar-refractivity contribution in [1.82, 2.24) is 9.80 Å². The van der Waals surface area contributed by atoms with E-state index >= 15 is 0 Å². The average molecular weight is 479 g/mol. The molecule has 1 aliphatic rings. The molecule has 0 spiro atoms. The first-order valence-corrected chi connectivity index (χ1v) is 11.5. The van der Waals surface area contributed by atoms with Gasteiger partial charge in [0.2, 0.25) is 0 Å². The van der Waals surface area contributed by atoms with E-state index in [1.54, 1.807) is 0 Å². The van der Waals surface area contributed by atoms with Crippen molar-refractivity contribution in [2.45, 2.75) is 19.1 Å². The van der Waals surface area contributed by atoms with Crippen LogP contribution in [0.3, 0.4) is 0 Å².